The van der Waals surface area contributed by atoms with Gasteiger partial charge in [0, 0.05) is 36.0 Å². The summed E-state index contributed by atoms with van der Waals surface area (Å²) in [4.78, 5) is 71.8. The standard InChI is InChI=1S/C32H41N5O6/c1-43-26-12-6-11-23-22(26)16-25(35-23)32(42)37-17-19-7-5-10-21(19)27(37)30(40)36-24(15-18-13-14-33-29(18)39)28(38)31(41)34-20-8-3-2-4-9-20/h6,11-12,16,18-21,24,27,35H,2-5,7-10,13-15,17H2,1H3,(H,33,39)(H,34,41)(H,36,40)/t18?,19-,21-,24-,27-/m0/s1. The number of Topliss-reactive ketones (excluding diaryl/α,β-unsaturated/α-hetero) is 1. The number of nitrogens with zero attached hydrogens (tertiary/aromatic N) is 1. The van der Waals surface area contributed by atoms with Crippen molar-refractivity contribution in [1.29, 1.82) is 0 Å². The van der Waals surface area contributed by atoms with Crippen LogP contribution in [0.1, 0.15) is 74.7 Å². The number of carbonyl (C=O) groups is 5. The van der Waals surface area contributed by atoms with E-state index in [2.05, 4.69) is 20.9 Å². The van der Waals surface area contributed by atoms with Crippen molar-refractivity contribution in [2.75, 3.05) is 20.2 Å². The van der Waals surface area contributed by atoms with Crippen LogP contribution in [0.15, 0.2) is 24.3 Å². The summed E-state index contributed by atoms with van der Waals surface area (Å²) in [6.07, 6.45) is 8.03. The minimum Gasteiger partial charge on any atom is -0.496 e. The normalized spacial score (nSPS) is 26.2. The number of aromatic amines is 1. The summed E-state index contributed by atoms with van der Waals surface area (Å²) in [5, 5.41) is 9.29. The van der Waals surface area contributed by atoms with E-state index in [9.17, 15) is 24.0 Å². The molecule has 0 bridgehead atoms. The molecule has 43 heavy (non-hydrogen) atoms. The molecule has 11 nitrogen and oxygen atoms in total. The first-order valence-electron chi connectivity index (χ1n) is 15.7. The van der Waals surface area contributed by atoms with Crippen molar-refractivity contribution >= 4 is 40.3 Å². The lowest BCUT2D eigenvalue weighted by atomic mass is 9.91. The molecule has 1 aromatic carbocycles. The predicted molar refractivity (Wildman–Crippen MR) is 158 cm³/mol. The van der Waals surface area contributed by atoms with Crippen LogP contribution in [-0.2, 0) is 19.2 Å². The maximum Gasteiger partial charge on any atom is 0.289 e. The molecule has 2 aliphatic carbocycles. The fraction of sp³-hybridized carbons (Fsp3) is 0.594. The molecule has 230 valence electrons. The van der Waals surface area contributed by atoms with Crippen molar-refractivity contribution in [3.63, 3.8) is 0 Å². The van der Waals surface area contributed by atoms with Gasteiger partial charge in [-0.25, -0.2) is 0 Å². The number of methoxy groups -OCH3 is 1. The first kappa shape index (κ1) is 29.2. The lowest BCUT2D eigenvalue weighted by Crippen LogP contribution is -2.56. The summed E-state index contributed by atoms with van der Waals surface area (Å²) in [5.41, 5.74) is 1.12. The zero-order chi connectivity index (χ0) is 30.1. The average molecular weight is 592 g/mol. The van der Waals surface area contributed by atoms with Gasteiger partial charge in [0.25, 0.3) is 11.8 Å². The molecule has 0 radical (unpaired) electrons. The zero-order valence-electron chi connectivity index (χ0n) is 24.7. The van der Waals surface area contributed by atoms with E-state index in [0.29, 0.717) is 31.0 Å². The Morgan fingerprint density at radius 3 is 2.60 bits per heavy atom. The van der Waals surface area contributed by atoms with Crippen LogP contribution in [0, 0.1) is 17.8 Å². The molecule has 2 aliphatic heterocycles. The lowest BCUT2D eigenvalue weighted by Gasteiger charge is -2.29. The number of ether oxygens (including phenoxy) is 1. The average Bonchev–Trinajstić information content (AvgIpc) is 3.80. The fourth-order valence-corrected chi connectivity index (χ4v) is 7.73. The van der Waals surface area contributed by atoms with Gasteiger partial charge in [-0.15, -0.1) is 0 Å². The van der Waals surface area contributed by atoms with Crippen LogP contribution >= 0.6 is 0 Å². The Morgan fingerprint density at radius 1 is 1.05 bits per heavy atom. The van der Waals surface area contributed by atoms with Crippen LogP contribution in [0.5, 0.6) is 5.75 Å². The van der Waals surface area contributed by atoms with E-state index >= 15 is 0 Å². The van der Waals surface area contributed by atoms with Crippen molar-refractivity contribution in [2.24, 2.45) is 17.8 Å². The van der Waals surface area contributed by atoms with Crippen molar-refractivity contribution in [3.8, 4) is 5.75 Å². The first-order valence-corrected chi connectivity index (χ1v) is 15.7. The maximum atomic E-state index is 14.1. The second-order valence-electron chi connectivity index (χ2n) is 12.6. The summed E-state index contributed by atoms with van der Waals surface area (Å²) >= 11 is 0. The van der Waals surface area contributed by atoms with E-state index in [-0.39, 0.29) is 36.1 Å². The van der Waals surface area contributed by atoms with Gasteiger partial charge in [0.15, 0.2) is 0 Å². The van der Waals surface area contributed by atoms with Crippen LogP contribution in [0.4, 0.5) is 0 Å². The fourth-order valence-electron chi connectivity index (χ4n) is 7.73. The number of hydrogen-bond acceptors (Lipinski definition) is 6. The summed E-state index contributed by atoms with van der Waals surface area (Å²) < 4.78 is 5.46. The van der Waals surface area contributed by atoms with Crippen LogP contribution < -0.4 is 20.7 Å². The second kappa shape index (κ2) is 12.4. The molecule has 2 saturated heterocycles. The number of carbonyl (C=O) groups excluding carboxylic acids is 5. The number of aromatic nitrogens is 1. The first-order chi connectivity index (χ1) is 20.8. The number of nitrogens with one attached hydrogen (secondary N) is 4. The van der Waals surface area contributed by atoms with Gasteiger partial charge >= 0.3 is 0 Å². The van der Waals surface area contributed by atoms with Crippen LogP contribution in [0.25, 0.3) is 10.9 Å². The smallest absolute Gasteiger partial charge is 0.289 e. The molecule has 3 heterocycles. The molecule has 4 N–H and O–H groups in total. The highest BCUT2D eigenvalue weighted by Crippen LogP contribution is 2.43. The molecule has 2 saturated carbocycles. The molecule has 0 spiro atoms. The molecule has 1 unspecified atom stereocenters. The topological polar surface area (TPSA) is 150 Å². The Balaban J connectivity index is 1.23. The summed E-state index contributed by atoms with van der Waals surface area (Å²) in [6.45, 7) is 0.941. The molecule has 2 aromatic rings. The largest absolute Gasteiger partial charge is 0.496 e. The van der Waals surface area contributed by atoms with E-state index in [4.69, 9.17) is 4.74 Å². The number of amides is 4. The minimum absolute atomic E-state index is 0.0375. The molecular formula is C32H41N5O6. The Morgan fingerprint density at radius 2 is 1.86 bits per heavy atom. The van der Waals surface area contributed by atoms with E-state index in [0.717, 1.165) is 62.3 Å². The Bertz CT molecular complexity index is 1410. The third-order valence-corrected chi connectivity index (χ3v) is 9.97. The minimum atomic E-state index is -1.15. The third kappa shape index (κ3) is 5.86. The quantitative estimate of drug-likeness (QED) is 0.329. The van der Waals surface area contributed by atoms with Gasteiger partial charge < -0.3 is 30.6 Å². The van der Waals surface area contributed by atoms with Gasteiger partial charge in [0.05, 0.1) is 13.2 Å². The van der Waals surface area contributed by atoms with Gasteiger partial charge in [0.1, 0.15) is 17.5 Å². The number of H-pyrrole nitrogens is 1. The maximum absolute atomic E-state index is 14.1. The molecular weight excluding hydrogens is 550 g/mol. The SMILES string of the molecule is COc1cccc2[nH]c(C(=O)N3C[C@@H]4CCC[C@@H]4[C@H]3C(=O)N[C@@H](CC3CCNC3=O)C(=O)C(=O)NC3CCCCC3)cc12. The Labute approximate surface area is 250 Å². The van der Waals surface area contributed by atoms with Crippen LogP contribution in [0.2, 0.25) is 0 Å². The highest BCUT2D eigenvalue weighted by atomic mass is 16.5. The molecule has 4 aliphatic rings. The van der Waals surface area contributed by atoms with E-state index in [1.807, 2.05) is 18.2 Å². The van der Waals surface area contributed by atoms with E-state index < -0.39 is 35.6 Å². The van der Waals surface area contributed by atoms with Crippen molar-refractivity contribution < 1.29 is 28.7 Å². The molecule has 1 aromatic heterocycles. The molecule has 5 atom stereocenters. The Hall–Kier alpha value is -3.89. The molecule has 11 heteroatoms. The van der Waals surface area contributed by atoms with Gasteiger partial charge in [-0.1, -0.05) is 31.7 Å². The van der Waals surface area contributed by atoms with E-state index in [1.54, 1.807) is 18.1 Å². The number of fused-ring (bicyclic) bond motifs is 2. The second-order valence-corrected chi connectivity index (χ2v) is 12.6. The van der Waals surface area contributed by atoms with E-state index in [1.165, 1.54) is 0 Å². The number of ketones is 1. The highest BCUT2D eigenvalue weighted by molar-refractivity contribution is 6.38. The van der Waals surface area contributed by atoms with Gasteiger partial charge in [-0.05, 0) is 68.6 Å². The third-order valence-electron chi connectivity index (χ3n) is 9.97. The van der Waals surface area contributed by atoms with Gasteiger partial charge in [-0.2, -0.15) is 0 Å². The number of rotatable bonds is 9. The van der Waals surface area contributed by atoms with Crippen molar-refractivity contribution in [1.82, 2.24) is 25.8 Å². The van der Waals surface area contributed by atoms with Crippen molar-refractivity contribution in [2.45, 2.75) is 82.3 Å². The van der Waals surface area contributed by atoms with Crippen LogP contribution in [0.3, 0.4) is 0 Å². The monoisotopic (exact) mass is 591 g/mol. The summed E-state index contributed by atoms with van der Waals surface area (Å²) in [7, 11) is 1.58. The predicted octanol–water partition coefficient (Wildman–Crippen LogP) is 2.45. The number of hydrogen-bond donors (Lipinski definition) is 4. The van der Waals surface area contributed by atoms with Crippen LogP contribution in [-0.4, -0.2) is 77.6 Å². The summed E-state index contributed by atoms with van der Waals surface area (Å²) in [6, 6.07) is 5.29. The number of benzene rings is 1. The lowest BCUT2D eigenvalue weighted by molar-refractivity contribution is -0.141. The summed E-state index contributed by atoms with van der Waals surface area (Å²) in [5.74, 6) is -2.06. The molecule has 4 amide bonds. The Kier molecular flexibility index (Phi) is 8.41. The molecule has 6 rings (SSSR count). The highest BCUT2D eigenvalue weighted by Gasteiger charge is 2.50. The zero-order valence-corrected chi connectivity index (χ0v) is 24.7. The van der Waals surface area contributed by atoms with Gasteiger partial charge in [0.2, 0.25) is 17.6 Å². The number of likely N-dealkylation sites (tertiary alicyclic amines) is 1. The van der Waals surface area contributed by atoms with Crippen molar-refractivity contribution in [3.05, 3.63) is 30.0 Å². The molecule has 4 fully saturated rings. The van der Waals surface area contributed by atoms with Gasteiger partial charge in [-0.3, -0.25) is 24.0 Å².